The van der Waals surface area contributed by atoms with E-state index in [0.29, 0.717) is 6.04 Å². The number of nitrogens with one attached hydrogen (secondary N) is 3. The van der Waals surface area contributed by atoms with Crippen molar-refractivity contribution in [3.05, 3.63) is 68.2 Å². The summed E-state index contributed by atoms with van der Waals surface area (Å²) in [7, 11) is 0. The van der Waals surface area contributed by atoms with Gasteiger partial charge in [-0.2, -0.15) is 0 Å². The Morgan fingerprint density at radius 2 is 1.85 bits per heavy atom. The van der Waals surface area contributed by atoms with E-state index in [2.05, 4.69) is 21.7 Å². The lowest BCUT2D eigenvalue weighted by Gasteiger charge is -2.25. The van der Waals surface area contributed by atoms with Crippen LogP contribution in [0.5, 0.6) is 0 Å². The van der Waals surface area contributed by atoms with Crippen LogP contribution < -0.4 is 16.2 Å². The molecular formula is C28H35ClN4O. The summed E-state index contributed by atoms with van der Waals surface area (Å²) < 4.78 is 0. The van der Waals surface area contributed by atoms with Gasteiger partial charge in [-0.15, -0.1) is 0 Å². The van der Waals surface area contributed by atoms with E-state index in [9.17, 15) is 4.79 Å². The summed E-state index contributed by atoms with van der Waals surface area (Å²) in [5, 5.41) is 9.45. The lowest BCUT2D eigenvalue weighted by molar-refractivity contribution is 0.443. The lowest BCUT2D eigenvalue weighted by atomic mass is 9.92. The first kappa shape index (κ1) is 23.4. The summed E-state index contributed by atoms with van der Waals surface area (Å²) in [6.45, 7) is 2.07. The Morgan fingerprint density at radius 3 is 2.76 bits per heavy atom. The second kappa shape index (κ2) is 10.9. The number of halogens is 1. The summed E-state index contributed by atoms with van der Waals surface area (Å²) in [6.07, 6.45) is 12.6. The molecule has 2 heterocycles. The number of fused-ring (bicyclic) bond motifs is 3. The number of aryl methyl sites for hydroxylation is 2. The third kappa shape index (κ3) is 5.47. The number of pyridine rings is 2. The number of H-pyrrole nitrogens is 1. The van der Waals surface area contributed by atoms with Crippen molar-refractivity contribution in [2.24, 2.45) is 0 Å². The molecule has 0 radical (unpaired) electrons. The van der Waals surface area contributed by atoms with Crippen LogP contribution in [0.3, 0.4) is 0 Å². The zero-order valence-corrected chi connectivity index (χ0v) is 20.6. The molecule has 1 unspecified atom stereocenters. The van der Waals surface area contributed by atoms with E-state index >= 15 is 0 Å². The molecule has 0 saturated carbocycles. The fraction of sp³-hybridized carbons (Fsp3) is 0.500. The molecule has 3 aromatic rings. The molecule has 0 fully saturated rings. The normalized spacial score (nSPS) is 17.4. The largest absolute Gasteiger partial charge is 0.384 e. The van der Waals surface area contributed by atoms with Gasteiger partial charge in [-0.05, 0) is 93.7 Å². The van der Waals surface area contributed by atoms with E-state index in [1.54, 1.807) is 6.07 Å². The number of aromatic amines is 1. The maximum absolute atomic E-state index is 11.5. The smallest absolute Gasteiger partial charge is 0.248 e. The van der Waals surface area contributed by atoms with Gasteiger partial charge < -0.3 is 15.6 Å². The van der Waals surface area contributed by atoms with Gasteiger partial charge in [0.25, 0.3) is 0 Å². The third-order valence-corrected chi connectivity index (χ3v) is 7.61. The number of hydrogen-bond acceptors (Lipinski definition) is 4. The van der Waals surface area contributed by atoms with E-state index in [0.717, 1.165) is 61.4 Å². The van der Waals surface area contributed by atoms with Crippen molar-refractivity contribution >= 4 is 28.2 Å². The van der Waals surface area contributed by atoms with Crippen LogP contribution in [0.25, 0.3) is 10.9 Å². The molecule has 2 aliphatic rings. The summed E-state index contributed by atoms with van der Waals surface area (Å²) in [6, 6.07) is 10.3. The molecule has 2 aromatic heterocycles. The highest BCUT2D eigenvalue weighted by Gasteiger charge is 2.19. The molecule has 0 amide bonds. The number of unbranched alkanes of at least 4 members (excludes halogenated alkanes) is 3. The number of anilines is 1. The van der Waals surface area contributed by atoms with Crippen LogP contribution in [0.4, 0.5) is 5.69 Å². The van der Waals surface area contributed by atoms with Gasteiger partial charge in [0.05, 0.1) is 5.52 Å². The van der Waals surface area contributed by atoms with Crippen LogP contribution in [0.15, 0.2) is 35.1 Å². The molecule has 3 N–H and O–H groups in total. The maximum atomic E-state index is 11.5. The summed E-state index contributed by atoms with van der Waals surface area (Å²) >= 11 is 6.24. The first-order chi connectivity index (χ1) is 16.7. The molecule has 1 aromatic carbocycles. The molecule has 0 saturated heterocycles. The zero-order chi connectivity index (χ0) is 23.3. The first-order valence-electron chi connectivity index (χ1n) is 13.0. The number of aromatic nitrogens is 2. The van der Waals surface area contributed by atoms with Crippen LogP contribution in [-0.4, -0.2) is 29.1 Å². The maximum Gasteiger partial charge on any atom is 0.248 e. The molecule has 0 spiro atoms. The van der Waals surface area contributed by atoms with E-state index in [1.807, 2.05) is 18.2 Å². The molecule has 180 valence electrons. The monoisotopic (exact) mass is 478 g/mol. The van der Waals surface area contributed by atoms with Crippen LogP contribution in [0.1, 0.15) is 67.5 Å². The van der Waals surface area contributed by atoms with Gasteiger partial charge >= 0.3 is 0 Å². The topological polar surface area (TPSA) is 69.8 Å². The van der Waals surface area contributed by atoms with Crippen LogP contribution in [-0.2, 0) is 25.7 Å². The van der Waals surface area contributed by atoms with Crippen molar-refractivity contribution in [3.63, 3.8) is 0 Å². The average Bonchev–Trinajstić information content (AvgIpc) is 2.84. The molecule has 0 bridgehead atoms. The molecule has 1 atom stereocenters. The van der Waals surface area contributed by atoms with Crippen molar-refractivity contribution in [1.29, 1.82) is 0 Å². The second-order valence-electron chi connectivity index (χ2n) is 9.84. The van der Waals surface area contributed by atoms with Gasteiger partial charge in [0, 0.05) is 46.1 Å². The fourth-order valence-corrected chi connectivity index (χ4v) is 5.71. The minimum Gasteiger partial charge on any atom is -0.384 e. The van der Waals surface area contributed by atoms with Gasteiger partial charge in [-0.1, -0.05) is 30.5 Å². The minimum absolute atomic E-state index is 0.0149. The van der Waals surface area contributed by atoms with Crippen LogP contribution >= 0.6 is 11.6 Å². The van der Waals surface area contributed by atoms with Crippen molar-refractivity contribution in [2.75, 3.05) is 18.4 Å². The van der Waals surface area contributed by atoms with Crippen molar-refractivity contribution < 1.29 is 0 Å². The summed E-state index contributed by atoms with van der Waals surface area (Å²) in [5.74, 6) is 0. The Bertz CT molecular complexity index is 1200. The molecule has 2 aliphatic carbocycles. The summed E-state index contributed by atoms with van der Waals surface area (Å²) in [4.78, 5) is 19.4. The molecule has 0 aliphatic heterocycles. The number of hydrogen-bond donors (Lipinski definition) is 3. The Kier molecular flexibility index (Phi) is 7.51. The molecule has 5 nitrogen and oxygen atoms in total. The van der Waals surface area contributed by atoms with Crippen molar-refractivity contribution in [1.82, 2.24) is 15.3 Å². The van der Waals surface area contributed by atoms with Gasteiger partial charge in [0.2, 0.25) is 5.56 Å². The minimum atomic E-state index is 0.0149. The van der Waals surface area contributed by atoms with Gasteiger partial charge in [-0.3, -0.25) is 9.78 Å². The van der Waals surface area contributed by atoms with E-state index in [-0.39, 0.29) is 5.56 Å². The van der Waals surface area contributed by atoms with Gasteiger partial charge in [-0.25, -0.2) is 0 Å². The van der Waals surface area contributed by atoms with Crippen LogP contribution in [0.2, 0.25) is 5.02 Å². The second-order valence-corrected chi connectivity index (χ2v) is 10.3. The van der Waals surface area contributed by atoms with Gasteiger partial charge in [0.1, 0.15) is 0 Å². The number of nitrogens with zero attached hydrogens (tertiary/aromatic N) is 1. The predicted octanol–water partition coefficient (Wildman–Crippen LogP) is 5.57. The quantitative estimate of drug-likeness (QED) is 0.351. The predicted molar refractivity (Wildman–Crippen MR) is 141 cm³/mol. The fourth-order valence-electron chi connectivity index (χ4n) is 5.55. The Balaban J connectivity index is 1.05. The average molecular weight is 479 g/mol. The SMILES string of the molecule is O=c1ccc2c([nH]1)CCC(NCCCCCCNc1c3c(nc4cc(Cl)ccc14)CCCC3)C2. The number of rotatable bonds is 9. The zero-order valence-electron chi connectivity index (χ0n) is 19.9. The first-order valence-corrected chi connectivity index (χ1v) is 13.3. The highest BCUT2D eigenvalue weighted by molar-refractivity contribution is 6.31. The van der Waals surface area contributed by atoms with Crippen molar-refractivity contribution in [2.45, 2.75) is 76.7 Å². The van der Waals surface area contributed by atoms with Gasteiger partial charge in [0.15, 0.2) is 0 Å². The van der Waals surface area contributed by atoms with E-state index in [4.69, 9.17) is 16.6 Å². The highest BCUT2D eigenvalue weighted by Crippen LogP contribution is 2.34. The van der Waals surface area contributed by atoms with Crippen molar-refractivity contribution in [3.8, 4) is 0 Å². The van der Waals surface area contributed by atoms with E-state index in [1.165, 1.54) is 66.4 Å². The highest BCUT2D eigenvalue weighted by atomic mass is 35.5. The number of benzene rings is 1. The summed E-state index contributed by atoms with van der Waals surface area (Å²) in [5.41, 5.74) is 7.41. The Hall–Kier alpha value is -2.37. The van der Waals surface area contributed by atoms with E-state index < -0.39 is 0 Å². The third-order valence-electron chi connectivity index (χ3n) is 7.37. The van der Waals surface area contributed by atoms with Crippen LogP contribution in [0, 0.1) is 0 Å². The molecule has 6 heteroatoms. The molecular weight excluding hydrogens is 444 g/mol. The molecule has 34 heavy (non-hydrogen) atoms. The Morgan fingerprint density at radius 1 is 1.00 bits per heavy atom. The molecule has 5 rings (SSSR count). The lowest BCUT2D eigenvalue weighted by Crippen LogP contribution is -2.36. The Labute approximate surface area is 206 Å². The standard InChI is InChI=1S/C28H35ClN4O/c29-20-10-12-23-26(18-20)32-25-8-4-3-7-22(25)28(23)31-16-6-2-1-5-15-30-21-11-13-24-19(17-21)9-14-27(34)33-24/h9-10,12,14,18,21,30H,1-8,11,13,15-17H2,(H,31,32)(H,33,34).